The summed E-state index contributed by atoms with van der Waals surface area (Å²) in [6, 6.07) is 5.01. The summed E-state index contributed by atoms with van der Waals surface area (Å²) in [5, 5.41) is 2.82. The van der Waals surface area contributed by atoms with Gasteiger partial charge in [0.25, 0.3) is 0 Å². The third-order valence-electron chi connectivity index (χ3n) is 4.51. The molecule has 25 heavy (non-hydrogen) atoms. The number of methoxy groups -OCH3 is 1. The summed E-state index contributed by atoms with van der Waals surface area (Å²) < 4.78 is 30.2. The Kier molecular flexibility index (Phi) is 6.18. The van der Waals surface area contributed by atoms with Crippen molar-refractivity contribution in [2.24, 2.45) is 5.92 Å². The van der Waals surface area contributed by atoms with E-state index in [9.17, 15) is 18.0 Å². The summed E-state index contributed by atoms with van der Waals surface area (Å²) in [7, 11) is -1.99. The molecule has 1 aliphatic heterocycles. The molecule has 0 aliphatic carbocycles. The second-order valence-corrected chi connectivity index (χ2v) is 8.31. The fourth-order valence-corrected chi connectivity index (χ4v) is 4.11. The predicted molar refractivity (Wildman–Crippen MR) is 94.9 cm³/mol. The van der Waals surface area contributed by atoms with Gasteiger partial charge in [0.05, 0.1) is 24.3 Å². The van der Waals surface area contributed by atoms with E-state index in [0.29, 0.717) is 36.2 Å². The lowest BCUT2D eigenvalue weighted by atomic mass is 9.98. The van der Waals surface area contributed by atoms with Crippen LogP contribution in [0.25, 0.3) is 0 Å². The molecule has 2 rings (SSSR count). The average molecular weight is 368 g/mol. The number of esters is 1. The Balaban J connectivity index is 2.13. The van der Waals surface area contributed by atoms with Gasteiger partial charge in [0, 0.05) is 18.8 Å². The second kappa shape index (κ2) is 7.97. The quantitative estimate of drug-likeness (QED) is 0.800. The molecule has 1 heterocycles. The van der Waals surface area contributed by atoms with Crippen LogP contribution in [0.5, 0.6) is 0 Å². The smallest absolute Gasteiger partial charge is 0.338 e. The van der Waals surface area contributed by atoms with Gasteiger partial charge in [0.1, 0.15) is 0 Å². The molecule has 0 radical (unpaired) electrons. The number of amides is 1. The number of sulfonamides is 1. The summed E-state index contributed by atoms with van der Waals surface area (Å²) in [5.41, 5.74) is 1.54. The van der Waals surface area contributed by atoms with E-state index in [1.54, 1.807) is 32.0 Å². The molecule has 1 saturated heterocycles. The number of piperidine rings is 1. The standard InChI is InChI=1S/C17H24N2O5S/c1-4-25(22,23)19-10-6-7-13(11-19)16(20)18-15-9-5-8-14(12(15)2)17(21)24-3/h5,8-9,13H,4,6-7,10-11H2,1-3H3,(H,18,20)/t13-/m0/s1. The van der Waals surface area contributed by atoms with Gasteiger partial charge in [-0.2, -0.15) is 0 Å². The molecule has 1 amide bonds. The van der Waals surface area contributed by atoms with E-state index in [0.717, 1.165) is 0 Å². The first-order valence-corrected chi connectivity index (χ1v) is 9.87. The van der Waals surface area contributed by atoms with Crippen LogP contribution in [0.2, 0.25) is 0 Å². The number of nitrogens with one attached hydrogen (secondary N) is 1. The molecule has 1 aromatic rings. The number of hydrogen-bond donors (Lipinski definition) is 1. The Morgan fingerprint density at radius 1 is 1.36 bits per heavy atom. The third kappa shape index (κ3) is 4.38. The molecule has 1 fully saturated rings. The topological polar surface area (TPSA) is 92.8 Å². The first-order chi connectivity index (χ1) is 11.8. The summed E-state index contributed by atoms with van der Waals surface area (Å²) in [6.07, 6.45) is 1.29. The second-order valence-electron chi connectivity index (χ2n) is 6.06. The maximum atomic E-state index is 12.6. The van der Waals surface area contributed by atoms with E-state index in [2.05, 4.69) is 5.32 Å². The number of nitrogens with zero attached hydrogens (tertiary/aromatic N) is 1. The molecular weight excluding hydrogens is 344 g/mol. The van der Waals surface area contributed by atoms with Crippen LogP contribution >= 0.6 is 0 Å². The molecule has 0 aromatic heterocycles. The van der Waals surface area contributed by atoms with E-state index in [4.69, 9.17) is 4.74 Å². The fraction of sp³-hybridized carbons (Fsp3) is 0.529. The maximum absolute atomic E-state index is 12.6. The van der Waals surface area contributed by atoms with Crippen molar-refractivity contribution in [2.75, 3.05) is 31.3 Å². The number of ether oxygens (including phenoxy) is 1. The van der Waals surface area contributed by atoms with Crippen LogP contribution in [0.1, 0.15) is 35.7 Å². The Morgan fingerprint density at radius 3 is 2.72 bits per heavy atom. The average Bonchev–Trinajstić information content (AvgIpc) is 2.62. The van der Waals surface area contributed by atoms with Crippen LogP contribution in [0, 0.1) is 12.8 Å². The van der Waals surface area contributed by atoms with E-state index >= 15 is 0 Å². The van der Waals surface area contributed by atoms with Crippen LogP contribution in [0.3, 0.4) is 0 Å². The van der Waals surface area contributed by atoms with Crippen LogP contribution in [0.4, 0.5) is 5.69 Å². The Hall–Kier alpha value is -1.93. The molecule has 0 spiro atoms. The highest BCUT2D eigenvalue weighted by Crippen LogP contribution is 2.24. The molecule has 0 unspecified atom stereocenters. The summed E-state index contributed by atoms with van der Waals surface area (Å²) in [5.74, 6) is -1.08. The minimum absolute atomic E-state index is 0.0294. The van der Waals surface area contributed by atoms with Gasteiger partial charge in [-0.1, -0.05) is 6.07 Å². The highest BCUT2D eigenvalue weighted by molar-refractivity contribution is 7.89. The molecule has 138 valence electrons. The minimum atomic E-state index is -3.30. The molecule has 8 heteroatoms. The monoisotopic (exact) mass is 368 g/mol. The van der Waals surface area contributed by atoms with E-state index in [-0.39, 0.29) is 18.2 Å². The molecule has 7 nitrogen and oxygen atoms in total. The van der Waals surface area contributed by atoms with Crippen molar-refractivity contribution in [1.29, 1.82) is 0 Å². The number of rotatable bonds is 5. The molecular formula is C17H24N2O5S. The summed E-state index contributed by atoms with van der Waals surface area (Å²) in [6.45, 7) is 3.98. The van der Waals surface area contributed by atoms with Gasteiger partial charge in [0.15, 0.2) is 0 Å². The summed E-state index contributed by atoms with van der Waals surface area (Å²) in [4.78, 5) is 24.3. The maximum Gasteiger partial charge on any atom is 0.338 e. The van der Waals surface area contributed by atoms with Gasteiger partial charge in [-0.25, -0.2) is 17.5 Å². The Labute approximate surface area is 148 Å². The third-order valence-corrected chi connectivity index (χ3v) is 6.36. The van der Waals surface area contributed by atoms with Gasteiger partial charge in [-0.15, -0.1) is 0 Å². The molecule has 0 bridgehead atoms. The first kappa shape index (κ1) is 19.4. The molecule has 0 saturated carbocycles. The van der Waals surface area contributed by atoms with Crippen LogP contribution < -0.4 is 5.32 Å². The van der Waals surface area contributed by atoms with Gasteiger partial charge < -0.3 is 10.1 Å². The molecule has 1 N–H and O–H groups in total. The van der Waals surface area contributed by atoms with Gasteiger partial charge in [0.2, 0.25) is 15.9 Å². The lowest BCUT2D eigenvalue weighted by molar-refractivity contribution is -0.120. The van der Waals surface area contributed by atoms with Gasteiger partial charge in [-0.3, -0.25) is 4.79 Å². The molecule has 1 aromatic carbocycles. The Bertz CT molecular complexity index is 760. The van der Waals surface area contributed by atoms with Crippen LogP contribution in [-0.4, -0.2) is 50.6 Å². The minimum Gasteiger partial charge on any atom is -0.465 e. The van der Waals surface area contributed by atoms with Crippen molar-refractivity contribution in [3.05, 3.63) is 29.3 Å². The van der Waals surface area contributed by atoms with Crippen LogP contribution in [0.15, 0.2) is 18.2 Å². The Morgan fingerprint density at radius 2 is 2.08 bits per heavy atom. The number of carbonyl (C=O) groups is 2. The van der Waals surface area contributed by atoms with E-state index in [1.165, 1.54) is 11.4 Å². The van der Waals surface area contributed by atoms with Crippen LogP contribution in [-0.2, 0) is 19.6 Å². The lowest BCUT2D eigenvalue weighted by Gasteiger charge is -2.31. The zero-order chi connectivity index (χ0) is 18.6. The van der Waals surface area contributed by atoms with Crippen molar-refractivity contribution < 1.29 is 22.7 Å². The van der Waals surface area contributed by atoms with Crippen molar-refractivity contribution in [3.63, 3.8) is 0 Å². The van der Waals surface area contributed by atoms with Crippen molar-refractivity contribution in [2.45, 2.75) is 26.7 Å². The number of carbonyl (C=O) groups excluding carboxylic acids is 2. The highest BCUT2D eigenvalue weighted by atomic mass is 32.2. The van der Waals surface area contributed by atoms with Crippen molar-refractivity contribution in [1.82, 2.24) is 4.31 Å². The number of hydrogen-bond acceptors (Lipinski definition) is 5. The van der Waals surface area contributed by atoms with Crippen molar-refractivity contribution >= 4 is 27.6 Å². The molecule has 1 aliphatic rings. The van der Waals surface area contributed by atoms with Gasteiger partial charge in [-0.05, 0) is 44.4 Å². The van der Waals surface area contributed by atoms with E-state index in [1.807, 2.05) is 0 Å². The fourth-order valence-electron chi connectivity index (χ4n) is 2.93. The lowest BCUT2D eigenvalue weighted by Crippen LogP contribution is -2.44. The largest absolute Gasteiger partial charge is 0.465 e. The zero-order valence-corrected chi connectivity index (χ0v) is 15.6. The number of benzene rings is 1. The SMILES string of the molecule is CCS(=O)(=O)N1CCC[C@H](C(=O)Nc2cccc(C(=O)OC)c2C)C1. The van der Waals surface area contributed by atoms with E-state index < -0.39 is 21.9 Å². The summed E-state index contributed by atoms with van der Waals surface area (Å²) >= 11 is 0. The predicted octanol–water partition coefficient (Wildman–Crippen LogP) is 1.78. The first-order valence-electron chi connectivity index (χ1n) is 8.26. The van der Waals surface area contributed by atoms with Gasteiger partial charge >= 0.3 is 5.97 Å². The number of anilines is 1. The normalized spacial score (nSPS) is 18.6. The zero-order valence-electron chi connectivity index (χ0n) is 14.7. The van der Waals surface area contributed by atoms with Crippen molar-refractivity contribution in [3.8, 4) is 0 Å². The highest BCUT2D eigenvalue weighted by Gasteiger charge is 2.31. The molecule has 1 atom stereocenters.